The second kappa shape index (κ2) is 3.50. The largest absolute Gasteiger partial charge is 0.481 e. The lowest BCUT2D eigenvalue weighted by Gasteiger charge is -1.97. The SMILES string of the molecule is Cn1cc(C2CC2C(=O)O)c2ccc(Cl)cc21. The molecule has 1 aliphatic rings. The molecule has 4 heteroatoms. The van der Waals surface area contributed by atoms with Gasteiger partial charge in [-0.25, -0.2) is 0 Å². The van der Waals surface area contributed by atoms with Crippen molar-refractivity contribution in [2.24, 2.45) is 13.0 Å². The van der Waals surface area contributed by atoms with Crippen LogP contribution in [-0.2, 0) is 11.8 Å². The summed E-state index contributed by atoms with van der Waals surface area (Å²) in [4.78, 5) is 10.9. The average molecular weight is 250 g/mol. The van der Waals surface area contributed by atoms with Gasteiger partial charge in [-0.2, -0.15) is 0 Å². The monoisotopic (exact) mass is 249 g/mol. The van der Waals surface area contributed by atoms with Gasteiger partial charge in [-0.1, -0.05) is 17.7 Å². The molecule has 0 spiro atoms. The highest BCUT2D eigenvalue weighted by molar-refractivity contribution is 6.31. The Morgan fingerprint density at radius 3 is 2.94 bits per heavy atom. The number of rotatable bonds is 2. The van der Waals surface area contributed by atoms with Crippen molar-refractivity contribution in [2.45, 2.75) is 12.3 Å². The van der Waals surface area contributed by atoms with Gasteiger partial charge >= 0.3 is 5.97 Å². The summed E-state index contributed by atoms with van der Waals surface area (Å²) in [7, 11) is 1.96. The molecule has 1 aromatic heterocycles. The zero-order chi connectivity index (χ0) is 12.2. The Morgan fingerprint density at radius 2 is 2.29 bits per heavy atom. The Balaban J connectivity index is 2.10. The molecule has 1 N–H and O–H groups in total. The normalized spacial score (nSPS) is 22.9. The summed E-state index contributed by atoms with van der Waals surface area (Å²) in [6, 6.07) is 5.74. The van der Waals surface area contributed by atoms with E-state index >= 15 is 0 Å². The molecule has 1 aromatic carbocycles. The van der Waals surface area contributed by atoms with Crippen LogP contribution in [0.5, 0.6) is 0 Å². The number of benzene rings is 1. The van der Waals surface area contributed by atoms with Crippen molar-refractivity contribution < 1.29 is 9.90 Å². The summed E-state index contributed by atoms with van der Waals surface area (Å²) >= 11 is 5.97. The van der Waals surface area contributed by atoms with Gasteiger partial charge in [0.2, 0.25) is 0 Å². The van der Waals surface area contributed by atoms with Crippen LogP contribution in [0.3, 0.4) is 0 Å². The fraction of sp³-hybridized carbons (Fsp3) is 0.308. The maximum Gasteiger partial charge on any atom is 0.307 e. The molecule has 0 radical (unpaired) electrons. The molecule has 1 fully saturated rings. The summed E-state index contributed by atoms with van der Waals surface area (Å²) in [5.74, 6) is -0.741. The van der Waals surface area contributed by atoms with Gasteiger partial charge in [0.25, 0.3) is 0 Å². The number of hydrogen-bond donors (Lipinski definition) is 1. The third-order valence-corrected chi connectivity index (χ3v) is 3.73. The number of halogens is 1. The molecule has 0 saturated heterocycles. The van der Waals surface area contributed by atoms with Crippen LogP contribution in [0.1, 0.15) is 17.9 Å². The molecule has 2 aromatic rings. The van der Waals surface area contributed by atoms with E-state index in [1.807, 2.05) is 36.0 Å². The van der Waals surface area contributed by atoms with Crippen LogP contribution in [0, 0.1) is 5.92 Å². The number of carbonyl (C=O) groups is 1. The lowest BCUT2D eigenvalue weighted by Crippen LogP contribution is -1.98. The smallest absolute Gasteiger partial charge is 0.307 e. The molecule has 0 amide bonds. The van der Waals surface area contributed by atoms with Crippen molar-refractivity contribution in [3.05, 3.63) is 35.0 Å². The van der Waals surface area contributed by atoms with Crippen LogP contribution in [0.2, 0.25) is 5.02 Å². The third kappa shape index (κ3) is 1.62. The fourth-order valence-corrected chi connectivity index (χ4v) is 2.66. The number of hydrogen-bond acceptors (Lipinski definition) is 1. The van der Waals surface area contributed by atoms with Crippen molar-refractivity contribution in [3.8, 4) is 0 Å². The van der Waals surface area contributed by atoms with E-state index in [0.717, 1.165) is 22.9 Å². The van der Waals surface area contributed by atoms with Gasteiger partial charge in [0.05, 0.1) is 5.92 Å². The minimum atomic E-state index is -0.694. The Morgan fingerprint density at radius 1 is 1.53 bits per heavy atom. The second-order valence-corrected chi connectivity index (χ2v) is 5.08. The Hall–Kier alpha value is -1.48. The zero-order valence-electron chi connectivity index (χ0n) is 9.35. The Kier molecular flexibility index (Phi) is 2.20. The first-order valence-electron chi connectivity index (χ1n) is 5.55. The number of aliphatic carboxylic acids is 1. The van der Waals surface area contributed by atoms with Crippen LogP contribution in [0.15, 0.2) is 24.4 Å². The molecule has 1 saturated carbocycles. The number of carboxylic acids is 1. The van der Waals surface area contributed by atoms with Crippen molar-refractivity contribution in [1.29, 1.82) is 0 Å². The molecule has 2 atom stereocenters. The first-order valence-corrected chi connectivity index (χ1v) is 5.93. The molecule has 88 valence electrons. The summed E-state index contributed by atoms with van der Waals surface area (Å²) in [6.45, 7) is 0. The van der Waals surface area contributed by atoms with Crippen LogP contribution in [0.25, 0.3) is 10.9 Å². The minimum absolute atomic E-state index is 0.164. The van der Waals surface area contributed by atoms with Gasteiger partial charge in [-0.3, -0.25) is 4.79 Å². The summed E-state index contributed by atoms with van der Waals surface area (Å²) in [5.41, 5.74) is 2.19. The van der Waals surface area contributed by atoms with Gasteiger partial charge in [0.1, 0.15) is 0 Å². The van der Waals surface area contributed by atoms with Gasteiger partial charge in [-0.15, -0.1) is 0 Å². The summed E-state index contributed by atoms with van der Waals surface area (Å²) in [6.07, 6.45) is 2.77. The quantitative estimate of drug-likeness (QED) is 0.889. The Bertz CT molecular complexity index is 617. The highest BCUT2D eigenvalue weighted by atomic mass is 35.5. The van der Waals surface area contributed by atoms with Gasteiger partial charge < -0.3 is 9.67 Å². The highest BCUT2D eigenvalue weighted by Gasteiger charge is 2.45. The number of aromatic nitrogens is 1. The van der Waals surface area contributed by atoms with Crippen LogP contribution >= 0.6 is 11.6 Å². The zero-order valence-corrected chi connectivity index (χ0v) is 10.1. The molecule has 3 nitrogen and oxygen atoms in total. The molecule has 2 unspecified atom stereocenters. The highest BCUT2D eigenvalue weighted by Crippen LogP contribution is 2.50. The maximum absolute atomic E-state index is 10.9. The molecule has 3 rings (SSSR count). The topological polar surface area (TPSA) is 42.2 Å². The van der Waals surface area contributed by atoms with Crippen LogP contribution in [-0.4, -0.2) is 15.6 Å². The predicted molar refractivity (Wildman–Crippen MR) is 66.4 cm³/mol. The first-order chi connectivity index (χ1) is 8.08. The molecule has 0 bridgehead atoms. The van der Waals surface area contributed by atoms with E-state index in [4.69, 9.17) is 16.7 Å². The van der Waals surface area contributed by atoms with Crippen LogP contribution in [0.4, 0.5) is 0 Å². The standard InChI is InChI=1S/C13H12ClNO2/c1-15-6-11(9-5-10(9)13(16)17)8-3-2-7(14)4-12(8)15/h2-4,6,9-10H,5H2,1H3,(H,16,17). The van der Waals surface area contributed by atoms with Gasteiger partial charge in [0, 0.05) is 35.1 Å². The van der Waals surface area contributed by atoms with Gasteiger partial charge in [-0.05, 0) is 24.1 Å². The van der Waals surface area contributed by atoms with Crippen molar-refractivity contribution in [2.75, 3.05) is 0 Å². The van der Waals surface area contributed by atoms with Gasteiger partial charge in [0.15, 0.2) is 0 Å². The average Bonchev–Trinajstić information content (AvgIpc) is 3.00. The van der Waals surface area contributed by atoms with E-state index in [1.165, 1.54) is 0 Å². The summed E-state index contributed by atoms with van der Waals surface area (Å²) < 4.78 is 2.01. The number of carboxylic acid groups (broad SMARTS) is 1. The van der Waals surface area contributed by atoms with Crippen molar-refractivity contribution in [3.63, 3.8) is 0 Å². The lowest BCUT2D eigenvalue weighted by molar-refractivity contribution is -0.138. The van der Waals surface area contributed by atoms with E-state index in [2.05, 4.69) is 0 Å². The van der Waals surface area contributed by atoms with Crippen molar-refractivity contribution in [1.82, 2.24) is 4.57 Å². The number of aryl methyl sites for hydroxylation is 1. The number of fused-ring (bicyclic) bond motifs is 1. The maximum atomic E-state index is 10.9. The predicted octanol–water partition coefficient (Wildman–Crippen LogP) is 3.02. The van der Waals surface area contributed by atoms with E-state index in [9.17, 15) is 4.79 Å². The molecule has 0 aliphatic heterocycles. The Labute approximate surface area is 104 Å². The van der Waals surface area contributed by atoms with E-state index in [1.54, 1.807) is 0 Å². The molecular weight excluding hydrogens is 238 g/mol. The molecule has 1 heterocycles. The molecule has 1 aliphatic carbocycles. The lowest BCUT2D eigenvalue weighted by atomic mass is 10.1. The minimum Gasteiger partial charge on any atom is -0.481 e. The van der Waals surface area contributed by atoms with Crippen molar-refractivity contribution >= 4 is 28.5 Å². The van der Waals surface area contributed by atoms with E-state index < -0.39 is 5.97 Å². The molecular formula is C13H12ClNO2. The third-order valence-electron chi connectivity index (χ3n) is 3.49. The fourth-order valence-electron chi connectivity index (χ4n) is 2.50. The number of nitrogens with zero attached hydrogens (tertiary/aromatic N) is 1. The summed E-state index contributed by atoms with van der Waals surface area (Å²) in [5, 5.41) is 10.8. The second-order valence-electron chi connectivity index (χ2n) is 4.64. The van der Waals surface area contributed by atoms with Crippen LogP contribution < -0.4 is 0 Å². The molecule has 17 heavy (non-hydrogen) atoms. The van der Waals surface area contributed by atoms with E-state index in [-0.39, 0.29) is 11.8 Å². The first kappa shape index (κ1) is 10.7. The van der Waals surface area contributed by atoms with E-state index in [0.29, 0.717) is 5.02 Å².